The van der Waals surface area contributed by atoms with Crippen molar-refractivity contribution in [3.8, 4) is 0 Å². The van der Waals surface area contributed by atoms with Crippen LogP contribution in [0.15, 0.2) is 84.0 Å². The molecule has 48 heavy (non-hydrogen) atoms. The summed E-state index contributed by atoms with van der Waals surface area (Å²) in [5, 5.41) is 22.9. The van der Waals surface area contributed by atoms with Gasteiger partial charge in [-0.1, -0.05) is 84.0 Å². The van der Waals surface area contributed by atoms with Gasteiger partial charge in [-0.3, -0.25) is 19.2 Å². The fraction of sp³-hybridized carbons (Fsp3) is 0.324. The highest BCUT2D eigenvalue weighted by Crippen LogP contribution is 2.17. The SMILES string of the molecule is N/C(=N\O)c1ccc(CNC(=O)[C@@H]2CCC(=O)NCc3cccc(c3)CNC(=O)CC[C@@H](CS(=O)(=O)Cc3ccccc3)C(=O)N2)cc1. The van der Waals surface area contributed by atoms with Crippen LogP contribution < -0.4 is 27.0 Å². The molecule has 0 aromatic heterocycles. The zero-order chi connectivity index (χ0) is 34.5. The van der Waals surface area contributed by atoms with Crippen molar-refractivity contribution in [2.45, 2.75) is 57.1 Å². The Labute approximate surface area is 279 Å². The molecule has 0 radical (unpaired) electrons. The van der Waals surface area contributed by atoms with Crippen LogP contribution in [-0.4, -0.2) is 54.9 Å². The van der Waals surface area contributed by atoms with Crippen molar-refractivity contribution in [3.63, 3.8) is 0 Å². The van der Waals surface area contributed by atoms with Crippen LogP contribution in [0.25, 0.3) is 0 Å². The van der Waals surface area contributed by atoms with Gasteiger partial charge >= 0.3 is 0 Å². The van der Waals surface area contributed by atoms with E-state index < -0.39 is 39.4 Å². The van der Waals surface area contributed by atoms with E-state index in [0.717, 1.165) is 11.1 Å². The third-order valence-electron chi connectivity index (χ3n) is 7.86. The van der Waals surface area contributed by atoms with Crippen molar-refractivity contribution >= 4 is 39.3 Å². The third-order valence-corrected chi connectivity index (χ3v) is 9.55. The quantitative estimate of drug-likeness (QED) is 0.0892. The molecule has 1 heterocycles. The predicted octanol–water partition coefficient (Wildman–Crippen LogP) is 1.62. The number of nitrogens with two attached hydrogens (primary N) is 1. The van der Waals surface area contributed by atoms with E-state index in [1.54, 1.807) is 54.6 Å². The Balaban J connectivity index is 1.54. The molecule has 1 aliphatic rings. The summed E-state index contributed by atoms with van der Waals surface area (Å²) < 4.78 is 26.5. The summed E-state index contributed by atoms with van der Waals surface area (Å²) in [6, 6.07) is 21.3. The smallest absolute Gasteiger partial charge is 0.242 e. The van der Waals surface area contributed by atoms with E-state index in [4.69, 9.17) is 10.9 Å². The second kappa shape index (κ2) is 17.1. The van der Waals surface area contributed by atoms with E-state index in [1.165, 1.54) is 0 Å². The molecular weight excluding hydrogens is 636 g/mol. The Hall–Kier alpha value is -5.24. The molecule has 13 nitrogen and oxygen atoms in total. The number of oxime groups is 1. The van der Waals surface area contributed by atoms with Crippen LogP contribution in [0, 0.1) is 5.92 Å². The predicted molar refractivity (Wildman–Crippen MR) is 179 cm³/mol. The molecule has 3 aromatic carbocycles. The van der Waals surface area contributed by atoms with Gasteiger partial charge in [-0.25, -0.2) is 8.42 Å². The molecule has 4 rings (SSSR count). The minimum absolute atomic E-state index is 0.0597. The summed E-state index contributed by atoms with van der Waals surface area (Å²) in [5.74, 6) is -4.03. The molecule has 7 N–H and O–H groups in total. The number of benzene rings is 3. The van der Waals surface area contributed by atoms with Crippen LogP contribution in [0.2, 0.25) is 0 Å². The minimum atomic E-state index is -3.81. The molecule has 4 amide bonds. The maximum Gasteiger partial charge on any atom is 0.242 e. The number of carbonyl (C=O) groups is 4. The zero-order valence-electron chi connectivity index (χ0n) is 26.4. The molecule has 14 heteroatoms. The van der Waals surface area contributed by atoms with Gasteiger partial charge in [0.1, 0.15) is 6.04 Å². The number of hydrogen-bond acceptors (Lipinski definition) is 8. The Morgan fingerprint density at radius 3 is 2.10 bits per heavy atom. The second-order valence-electron chi connectivity index (χ2n) is 11.6. The van der Waals surface area contributed by atoms with Crippen molar-refractivity contribution in [3.05, 3.63) is 107 Å². The van der Waals surface area contributed by atoms with Gasteiger partial charge in [0.15, 0.2) is 15.7 Å². The lowest BCUT2D eigenvalue weighted by atomic mass is 10.0. The van der Waals surface area contributed by atoms with Crippen molar-refractivity contribution in [1.29, 1.82) is 0 Å². The monoisotopic (exact) mass is 676 g/mol. The molecule has 2 atom stereocenters. The minimum Gasteiger partial charge on any atom is -0.409 e. The van der Waals surface area contributed by atoms with Crippen LogP contribution >= 0.6 is 0 Å². The van der Waals surface area contributed by atoms with Gasteiger partial charge in [0.25, 0.3) is 0 Å². The number of nitrogens with one attached hydrogen (secondary N) is 4. The van der Waals surface area contributed by atoms with Gasteiger partial charge in [0.2, 0.25) is 23.6 Å². The summed E-state index contributed by atoms with van der Waals surface area (Å²) in [7, 11) is -3.81. The normalized spacial score (nSPS) is 18.5. The molecule has 0 unspecified atom stereocenters. The third kappa shape index (κ3) is 11.2. The van der Waals surface area contributed by atoms with Crippen LogP contribution in [0.4, 0.5) is 0 Å². The number of carbonyl (C=O) groups excluding carboxylic acids is 4. The lowest BCUT2D eigenvalue weighted by molar-refractivity contribution is -0.132. The molecule has 0 saturated carbocycles. The van der Waals surface area contributed by atoms with Crippen molar-refractivity contribution in [1.82, 2.24) is 21.3 Å². The topological polar surface area (TPSA) is 209 Å². The van der Waals surface area contributed by atoms with Crippen molar-refractivity contribution in [2.24, 2.45) is 16.8 Å². The van der Waals surface area contributed by atoms with Gasteiger partial charge in [0, 0.05) is 38.0 Å². The largest absolute Gasteiger partial charge is 0.409 e. The number of amides is 4. The molecule has 0 saturated heterocycles. The van der Waals surface area contributed by atoms with Gasteiger partial charge < -0.3 is 32.2 Å². The van der Waals surface area contributed by atoms with E-state index in [0.29, 0.717) is 16.7 Å². The van der Waals surface area contributed by atoms with Crippen LogP contribution in [0.5, 0.6) is 0 Å². The number of sulfone groups is 1. The number of rotatable bonds is 8. The summed E-state index contributed by atoms with van der Waals surface area (Å²) in [5.41, 5.74) is 8.97. The highest BCUT2D eigenvalue weighted by molar-refractivity contribution is 7.90. The zero-order valence-corrected chi connectivity index (χ0v) is 27.2. The molecular formula is C34H40N6O7S. The van der Waals surface area contributed by atoms with E-state index in [2.05, 4.69) is 26.4 Å². The molecule has 0 spiro atoms. The molecule has 1 aliphatic heterocycles. The average Bonchev–Trinajstić information content (AvgIpc) is 3.08. The van der Waals surface area contributed by atoms with Gasteiger partial charge in [-0.2, -0.15) is 0 Å². The van der Waals surface area contributed by atoms with Crippen LogP contribution in [-0.2, 0) is 54.4 Å². The maximum absolute atomic E-state index is 13.7. The first-order chi connectivity index (χ1) is 23.0. The summed E-state index contributed by atoms with van der Waals surface area (Å²) >= 11 is 0. The highest BCUT2D eigenvalue weighted by atomic mass is 32.2. The Morgan fingerprint density at radius 2 is 1.48 bits per heavy atom. The maximum atomic E-state index is 13.7. The van der Waals surface area contributed by atoms with E-state index >= 15 is 0 Å². The Kier molecular flexibility index (Phi) is 12.7. The van der Waals surface area contributed by atoms with Crippen molar-refractivity contribution in [2.75, 3.05) is 5.75 Å². The van der Waals surface area contributed by atoms with Crippen LogP contribution in [0.1, 0.15) is 53.5 Å². The standard InChI is InChI=1S/C34H40N6O7S/c35-32(40-45)27-11-9-23(10-12-27)18-38-34(44)29-14-16-31(42)37-20-26-8-4-7-25(17-26)19-36-30(41)15-13-28(33(43)39-29)22-48(46,47)21-24-5-2-1-3-6-24/h1-12,17,28-29,45H,13-16,18-22H2,(H2,35,40)(H,36,41)(H,37,42)(H,38,44)(H,39,43)/t28-,29-/m0/s1. The van der Waals surface area contributed by atoms with Gasteiger partial charge in [-0.15, -0.1) is 0 Å². The Bertz CT molecular complexity index is 1730. The fourth-order valence-corrected chi connectivity index (χ4v) is 6.96. The van der Waals surface area contributed by atoms with E-state index in [1.807, 2.05) is 24.3 Å². The summed E-state index contributed by atoms with van der Waals surface area (Å²) in [6.07, 6.45) is -0.344. The number of nitrogens with zero attached hydrogens (tertiary/aromatic N) is 1. The highest BCUT2D eigenvalue weighted by Gasteiger charge is 2.30. The molecule has 0 fully saturated rings. The average molecular weight is 677 g/mol. The number of fused-ring (bicyclic) bond motifs is 2. The van der Waals surface area contributed by atoms with Gasteiger partial charge in [0.05, 0.1) is 17.4 Å². The first kappa shape index (κ1) is 35.6. The second-order valence-corrected chi connectivity index (χ2v) is 13.8. The summed E-state index contributed by atoms with van der Waals surface area (Å²) in [6.45, 7) is 0.517. The molecule has 2 bridgehead atoms. The molecule has 254 valence electrons. The van der Waals surface area contributed by atoms with Crippen molar-refractivity contribution < 1.29 is 32.8 Å². The van der Waals surface area contributed by atoms with Crippen LogP contribution in [0.3, 0.4) is 0 Å². The van der Waals surface area contributed by atoms with Gasteiger partial charge in [-0.05, 0) is 35.1 Å². The molecule has 3 aromatic rings. The number of amidine groups is 1. The Morgan fingerprint density at radius 1 is 0.854 bits per heavy atom. The lowest BCUT2D eigenvalue weighted by Crippen LogP contribution is -2.49. The number of hydrogen-bond donors (Lipinski definition) is 6. The summed E-state index contributed by atoms with van der Waals surface area (Å²) in [4.78, 5) is 52.7. The molecule has 0 aliphatic carbocycles. The first-order valence-corrected chi connectivity index (χ1v) is 17.3. The fourth-order valence-electron chi connectivity index (χ4n) is 5.21. The lowest BCUT2D eigenvalue weighted by Gasteiger charge is -2.23. The van der Waals surface area contributed by atoms with E-state index in [-0.39, 0.29) is 68.7 Å². The van der Waals surface area contributed by atoms with E-state index in [9.17, 15) is 27.6 Å². The first-order valence-electron chi connectivity index (χ1n) is 15.5.